The van der Waals surface area contributed by atoms with Crippen molar-refractivity contribution in [3.05, 3.63) is 47.7 Å². The van der Waals surface area contributed by atoms with Gasteiger partial charge in [-0.1, -0.05) is 37.3 Å². The zero-order chi connectivity index (χ0) is 18.1. The number of hydrogen-bond acceptors (Lipinski definition) is 4. The smallest absolute Gasteiger partial charge is 0.410 e. The highest BCUT2D eigenvalue weighted by Gasteiger charge is 2.51. The van der Waals surface area contributed by atoms with E-state index in [1.54, 1.807) is 6.26 Å². The lowest BCUT2D eigenvalue weighted by Gasteiger charge is -2.35. The van der Waals surface area contributed by atoms with Crippen LogP contribution >= 0.6 is 0 Å². The second-order valence-corrected chi connectivity index (χ2v) is 7.38. The summed E-state index contributed by atoms with van der Waals surface area (Å²) in [6.45, 7) is 2.22. The molecule has 138 valence electrons. The molecule has 2 saturated heterocycles. The van der Waals surface area contributed by atoms with Crippen LogP contribution in [-0.2, 0) is 20.9 Å². The Morgan fingerprint density at radius 3 is 2.73 bits per heavy atom. The monoisotopic (exact) mass is 355 g/mol. The first-order valence-corrected chi connectivity index (χ1v) is 9.56. The fraction of sp³-hybridized carbons (Fsp3) is 0.524. The molecule has 3 heterocycles. The number of carbonyl (C=O) groups excluding carboxylic acids is 2. The largest absolute Gasteiger partial charge is 0.497 e. The van der Waals surface area contributed by atoms with Crippen LogP contribution < -0.4 is 0 Å². The van der Waals surface area contributed by atoms with E-state index in [-0.39, 0.29) is 42.6 Å². The molecule has 4 atom stereocenters. The van der Waals surface area contributed by atoms with Crippen LogP contribution in [0.5, 0.6) is 0 Å². The van der Waals surface area contributed by atoms with Crippen molar-refractivity contribution >= 4 is 11.9 Å². The van der Waals surface area contributed by atoms with Crippen LogP contribution in [0.4, 0.5) is 4.79 Å². The van der Waals surface area contributed by atoms with Crippen molar-refractivity contribution < 1.29 is 19.1 Å². The third-order valence-electron chi connectivity index (χ3n) is 5.95. The van der Waals surface area contributed by atoms with Crippen LogP contribution in [0, 0.1) is 5.92 Å². The van der Waals surface area contributed by atoms with Gasteiger partial charge in [0.15, 0.2) is 5.78 Å². The predicted molar refractivity (Wildman–Crippen MR) is 96.3 cm³/mol. The first kappa shape index (κ1) is 17.1. The molecule has 26 heavy (non-hydrogen) atoms. The molecule has 0 aliphatic carbocycles. The topological polar surface area (TPSA) is 55.8 Å². The van der Waals surface area contributed by atoms with Gasteiger partial charge in [0.1, 0.15) is 12.7 Å². The average Bonchev–Trinajstić information content (AvgIpc) is 3.00. The fourth-order valence-corrected chi connectivity index (χ4v) is 4.61. The zero-order valence-corrected chi connectivity index (χ0v) is 15.1. The quantitative estimate of drug-likeness (QED) is 0.827. The molecular weight excluding hydrogens is 330 g/mol. The molecule has 3 aliphatic heterocycles. The molecule has 0 aromatic heterocycles. The lowest BCUT2D eigenvalue weighted by molar-refractivity contribution is -0.127. The van der Waals surface area contributed by atoms with Crippen LogP contribution in [0.15, 0.2) is 42.2 Å². The molecule has 3 aliphatic rings. The molecule has 5 heteroatoms. The molecule has 4 rings (SSSR count). The van der Waals surface area contributed by atoms with Gasteiger partial charge in [-0.25, -0.2) is 4.79 Å². The number of hydrogen-bond donors (Lipinski definition) is 0. The number of nitrogens with zero attached hydrogens (tertiary/aromatic N) is 1. The minimum absolute atomic E-state index is 0.112. The van der Waals surface area contributed by atoms with E-state index in [1.807, 2.05) is 42.2 Å². The summed E-state index contributed by atoms with van der Waals surface area (Å²) in [5.74, 6) is -0.108. The van der Waals surface area contributed by atoms with E-state index in [1.165, 1.54) is 0 Å². The predicted octanol–water partition coefficient (Wildman–Crippen LogP) is 3.83. The van der Waals surface area contributed by atoms with Crippen LogP contribution in [0.1, 0.15) is 44.6 Å². The number of carbonyl (C=O) groups is 2. The van der Waals surface area contributed by atoms with Crippen LogP contribution in [-0.4, -0.2) is 35.0 Å². The van der Waals surface area contributed by atoms with Gasteiger partial charge in [0, 0.05) is 17.7 Å². The summed E-state index contributed by atoms with van der Waals surface area (Å²) in [5, 5.41) is 0. The first-order chi connectivity index (χ1) is 12.7. The highest BCUT2D eigenvalue weighted by Crippen LogP contribution is 2.42. The van der Waals surface area contributed by atoms with Crippen molar-refractivity contribution in [2.24, 2.45) is 5.92 Å². The number of allylic oxidation sites excluding steroid dienone is 1. The molecule has 1 aromatic carbocycles. The minimum atomic E-state index is -0.303. The number of ketones is 1. The number of Topliss-reactive ketones (excluding diaryl/α,β-unsaturated/α-hetero) is 1. The van der Waals surface area contributed by atoms with Crippen molar-refractivity contribution in [1.29, 1.82) is 0 Å². The Kier molecular flexibility index (Phi) is 4.70. The van der Waals surface area contributed by atoms with Crippen LogP contribution in [0.2, 0.25) is 0 Å². The van der Waals surface area contributed by atoms with Crippen molar-refractivity contribution in [2.75, 3.05) is 0 Å². The summed E-state index contributed by atoms with van der Waals surface area (Å²) in [5.41, 5.74) is 1.70. The Morgan fingerprint density at radius 2 is 1.96 bits per heavy atom. The van der Waals surface area contributed by atoms with E-state index in [4.69, 9.17) is 9.47 Å². The number of rotatable bonds is 3. The highest BCUT2D eigenvalue weighted by molar-refractivity contribution is 5.98. The van der Waals surface area contributed by atoms with E-state index in [0.29, 0.717) is 6.42 Å². The van der Waals surface area contributed by atoms with Gasteiger partial charge >= 0.3 is 6.09 Å². The van der Waals surface area contributed by atoms with Crippen molar-refractivity contribution in [2.45, 2.75) is 63.8 Å². The highest BCUT2D eigenvalue weighted by atomic mass is 16.6. The number of ether oxygens (including phenoxy) is 2. The lowest BCUT2D eigenvalue weighted by Crippen LogP contribution is -2.49. The Morgan fingerprint density at radius 1 is 1.19 bits per heavy atom. The molecule has 0 unspecified atom stereocenters. The summed E-state index contributed by atoms with van der Waals surface area (Å²) in [7, 11) is 0. The molecule has 2 fully saturated rings. The van der Waals surface area contributed by atoms with Crippen LogP contribution in [0.3, 0.4) is 0 Å². The maximum Gasteiger partial charge on any atom is 0.410 e. The van der Waals surface area contributed by atoms with E-state index in [9.17, 15) is 9.59 Å². The summed E-state index contributed by atoms with van der Waals surface area (Å²) in [6.07, 6.45) is 5.34. The SMILES string of the molecule is CCC1=CO[C@@H]2CC[C@@H]3CC[C@H]([C@H]2C1=O)N3C(=O)OCc1ccccc1. The van der Waals surface area contributed by atoms with Gasteiger partial charge in [-0.3, -0.25) is 4.79 Å². The Hall–Kier alpha value is -2.30. The van der Waals surface area contributed by atoms with Crippen molar-refractivity contribution in [1.82, 2.24) is 4.90 Å². The number of benzene rings is 1. The van der Waals surface area contributed by atoms with Gasteiger partial charge in [0.2, 0.25) is 0 Å². The summed E-state index contributed by atoms with van der Waals surface area (Å²) < 4.78 is 11.5. The van der Waals surface area contributed by atoms with E-state index >= 15 is 0 Å². The minimum Gasteiger partial charge on any atom is -0.497 e. The Bertz CT molecular complexity index is 714. The second kappa shape index (κ2) is 7.14. The molecule has 0 spiro atoms. The van der Waals surface area contributed by atoms with Gasteiger partial charge < -0.3 is 14.4 Å². The van der Waals surface area contributed by atoms with Crippen molar-refractivity contribution in [3.63, 3.8) is 0 Å². The third kappa shape index (κ3) is 3.00. The van der Waals surface area contributed by atoms with Gasteiger partial charge in [-0.05, 0) is 37.7 Å². The first-order valence-electron chi connectivity index (χ1n) is 9.56. The summed E-state index contributed by atoms with van der Waals surface area (Å²) in [6, 6.07) is 9.72. The molecule has 5 nitrogen and oxygen atoms in total. The van der Waals surface area contributed by atoms with E-state index in [2.05, 4.69) is 0 Å². The molecule has 0 saturated carbocycles. The fourth-order valence-electron chi connectivity index (χ4n) is 4.61. The normalized spacial score (nSPS) is 30.1. The van der Waals surface area contributed by atoms with Gasteiger partial charge in [0.05, 0.1) is 12.2 Å². The molecule has 0 N–H and O–H groups in total. The van der Waals surface area contributed by atoms with Gasteiger partial charge in [0.25, 0.3) is 0 Å². The van der Waals surface area contributed by atoms with Crippen LogP contribution in [0.25, 0.3) is 0 Å². The molecular formula is C21H25NO4. The molecule has 1 aromatic rings. The third-order valence-corrected chi connectivity index (χ3v) is 5.95. The van der Waals surface area contributed by atoms with Gasteiger partial charge in [-0.2, -0.15) is 0 Å². The van der Waals surface area contributed by atoms with E-state index in [0.717, 1.165) is 36.8 Å². The van der Waals surface area contributed by atoms with Crippen molar-refractivity contribution in [3.8, 4) is 0 Å². The Labute approximate surface area is 154 Å². The van der Waals surface area contributed by atoms with Gasteiger partial charge in [-0.15, -0.1) is 0 Å². The maximum atomic E-state index is 13.0. The lowest BCUT2D eigenvalue weighted by atomic mass is 9.81. The molecule has 2 bridgehead atoms. The standard InChI is InChI=1S/C21H25NO4/c1-2-15-13-25-18-11-9-16-8-10-17(19(18)20(15)23)22(16)21(24)26-12-14-6-4-3-5-7-14/h3-7,13,16-19H,2,8-12H2,1H3/t16-,17+,18+,19+/m0/s1. The molecule has 1 amide bonds. The summed E-state index contributed by atoms with van der Waals surface area (Å²) >= 11 is 0. The maximum absolute atomic E-state index is 13.0. The number of fused-ring (bicyclic) bond motifs is 4. The Balaban J connectivity index is 1.52. The number of amides is 1. The second-order valence-electron chi connectivity index (χ2n) is 7.38. The summed E-state index contributed by atoms with van der Waals surface area (Å²) in [4.78, 5) is 27.6. The zero-order valence-electron chi connectivity index (χ0n) is 15.1. The average molecular weight is 355 g/mol. The molecule has 0 radical (unpaired) electrons. The van der Waals surface area contributed by atoms with E-state index < -0.39 is 0 Å².